The molecule has 1 aliphatic heterocycles. The molecule has 0 aromatic heterocycles. The minimum atomic E-state index is -2.18. The number of carboxylic acids is 1. The summed E-state index contributed by atoms with van der Waals surface area (Å²) in [6.07, 6.45) is 0. The van der Waals surface area contributed by atoms with Crippen LogP contribution in [0.3, 0.4) is 0 Å². The van der Waals surface area contributed by atoms with E-state index in [9.17, 15) is 18.7 Å². The molecule has 3 aromatic carbocycles. The SMILES string of the molecule is CC(C)=c1c(C)c(C)c2c(c1C)Oc1c(C)c(N(C)C)c(C)c(C)c1C=2c1c(F)c(F)c(F)c(F)c1C(=O)O. The molecular weight excluding hydrogens is 510 g/mol. The van der Waals surface area contributed by atoms with Crippen molar-refractivity contribution in [1.82, 2.24) is 0 Å². The number of benzene rings is 3. The lowest BCUT2D eigenvalue weighted by atomic mass is 9.81. The first-order valence-corrected chi connectivity index (χ1v) is 12.5. The summed E-state index contributed by atoms with van der Waals surface area (Å²) < 4.78 is 66.7. The molecule has 0 atom stereocenters. The number of hydrogen-bond acceptors (Lipinski definition) is 3. The molecule has 3 aromatic rings. The highest BCUT2D eigenvalue weighted by Gasteiger charge is 2.37. The van der Waals surface area contributed by atoms with Crippen LogP contribution in [0, 0.1) is 64.8 Å². The van der Waals surface area contributed by atoms with Crippen LogP contribution in [0.25, 0.3) is 11.1 Å². The molecule has 0 amide bonds. The average molecular weight is 542 g/mol. The lowest BCUT2D eigenvalue weighted by Crippen LogP contribution is -2.31. The van der Waals surface area contributed by atoms with E-state index in [1.165, 1.54) is 0 Å². The van der Waals surface area contributed by atoms with E-state index in [-0.39, 0.29) is 5.57 Å². The van der Waals surface area contributed by atoms with Crippen LogP contribution in [0.15, 0.2) is 0 Å². The number of nitrogens with zero attached hydrogens (tertiary/aromatic N) is 1. The molecular formula is C31H31F4NO3. The maximum Gasteiger partial charge on any atom is 0.339 e. The van der Waals surface area contributed by atoms with Gasteiger partial charge in [0, 0.05) is 47.3 Å². The van der Waals surface area contributed by atoms with Crippen LogP contribution >= 0.6 is 0 Å². The Bertz CT molecular complexity index is 1750. The Hall–Kier alpha value is -3.81. The van der Waals surface area contributed by atoms with E-state index in [2.05, 4.69) is 0 Å². The third-order valence-corrected chi connectivity index (χ3v) is 7.85. The van der Waals surface area contributed by atoms with Crippen molar-refractivity contribution in [3.05, 3.63) is 83.8 Å². The number of hydrogen-bond donors (Lipinski definition) is 1. The molecule has 206 valence electrons. The van der Waals surface area contributed by atoms with E-state index in [4.69, 9.17) is 4.74 Å². The first kappa shape index (κ1) is 28.2. The largest absolute Gasteiger partial charge is 0.478 e. The maximum atomic E-state index is 15.8. The van der Waals surface area contributed by atoms with Crippen molar-refractivity contribution >= 4 is 22.8 Å². The van der Waals surface area contributed by atoms with Crippen molar-refractivity contribution in [2.75, 3.05) is 19.0 Å². The van der Waals surface area contributed by atoms with Gasteiger partial charge in [0.1, 0.15) is 17.1 Å². The summed E-state index contributed by atoms with van der Waals surface area (Å²) in [4.78, 5) is 14.2. The van der Waals surface area contributed by atoms with Gasteiger partial charge in [-0.05, 0) is 88.4 Å². The Balaban J connectivity index is 2.49. The summed E-state index contributed by atoms with van der Waals surface area (Å²) in [5.74, 6) is -9.27. The van der Waals surface area contributed by atoms with Gasteiger partial charge in [0.2, 0.25) is 0 Å². The summed E-state index contributed by atoms with van der Waals surface area (Å²) in [6.45, 7) is 14.8. The smallest absolute Gasteiger partial charge is 0.339 e. The van der Waals surface area contributed by atoms with Crippen LogP contribution in [-0.2, 0) is 0 Å². The molecule has 0 radical (unpaired) electrons. The Morgan fingerprint density at radius 1 is 0.692 bits per heavy atom. The Labute approximate surface area is 224 Å². The fourth-order valence-corrected chi connectivity index (χ4v) is 6.06. The summed E-state index contributed by atoms with van der Waals surface area (Å²) in [5, 5.41) is 11.2. The van der Waals surface area contributed by atoms with Crippen LogP contribution < -0.4 is 20.1 Å². The number of fused-ring (bicyclic) bond motifs is 2. The van der Waals surface area contributed by atoms with E-state index in [1.807, 2.05) is 60.5 Å². The van der Waals surface area contributed by atoms with Gasteiger partial charge in [-0.2, -0.15) is 0 Å². The van der Waals surface area contributed by atoms with E-state index < -0.39 is 40.4 Å². The lowest BCUT2D eigenvalue weighted by Gasteiger charge is -2.32. The second-order valence-electron chi connectivity index (χ2n) is 10.6. The van der Waals surface area contributed by atoms with Gasteiger partial charge in [0.15, 0.2) is 23.3 Å². The molecule has 0 fully saturated rings. The average Bonchev–Trinajstić information content (AvgIpc) is 2.85. The van der Waals surface area contributed by atoms with Gasteiger partial charge in [-0.25, -0.2) is 22.4 Å². The number of aromatic carboxylic acids is 1. The summed E-state index contributed by atoms with van der Waals surface area (Å²) in [7, 11) is 3.73. The number of carbonyl (C=O) groups is 1. The van der Waals surface area contributed by atoms with Gasteiger partial charge in [0.25, 0.3) is 0 Å². The first-order valence-electron chi connectivity index (χ1n) is 12.5. The molecule has 0 aliphatic carbocycles. The monoisotopic (exact) mass is 541 g/mol. The normalized spacial score (nSPS) is 12.2. The molecule has 4 rings (SSSR count). The van der Waals surface area contributed by atoms with Gasteiger partial charge in [0.05, 0.1) is 0 Å². The van der Waals surface area contributed by atoms with Crippen LogP contribution in [0.4, 0.5) is 23.2 Å². The zero-order chi connectivity index (χ0) is 29.4. The van der Waals surface area contributed by atoms with Gasteiger partial charge >= 0.3 is 5.97 Å². The fourth-order valence-electron chi connectivity index (χ4n) is 6.06. The number of halogens is 4. The van der Waals surface area contributed by atoms with Crippen LogP contribution in [0.2, 0.25) is 0 Å². The molecule has 8 heteroatoms. The predicted octanol–water partition coefficient (Wildman–Crippen LogP) is 6.40. The summed E-state index contributed by atoms with van der Waals surface area (Å²) >= 11 is 0. The third-order valence-electron chi connectivity index (χ3n) is 7.85. The number of carboxylic acid groups (broad SMARTS) is 1. The van der Waals surface area contributed by atoms with Gasteiger partial charge in [-0.3, -0.25) is 0 Å². The Morgan fingerprint density at radius 3 is 1.77 bits per heavy atom. The fraction of sp³-hybridized carbons (Fsp3) is 0.323. The summed E-state index contributed by atoms with van der Waals surface area (Å²) in [6, 6.07) is 0. The molecule has 0 saturated carbocycles. The highest BCUT2D eigenvalue weighted by molar-refractivity contribution is 6.00. The Morgan fingerprint density at radius 2 is 1.26 bits per heavy atom. The van der Waals surface area contributed by atoms with Crippen molar-refractivity contribution in [1.29, 1.82) is 0 Å². The van der Waals surface area contributed by atoms with Crippen molar-refractivity contribution in [2.45, 2.75) is 55.4 Å². The molecule has 4 nitrogen and oxygen atoms in total. The lowest BCUT2D eigenvalue weighted by molar-refractivity contribution is 0.0689. The van der Waals surface area contributed by atoms with Crippen molar-refractivity contribution in [3.8, 4) is 11.5 Å². The number of rotatable bonds is 3. The molecule has 39 heavy (non-hydrogen) atoms. The van der Waals surface area contributed by atoms with Crippen molar-refractivity contribution in [3.63, 3.8) is 0 Å². The molecule has 0 bridgehead atoms. The van der Waals surface area contributed by atoms with Crippen LogP contribution in [-0.4, -0.2) is 25.2 Å². The predicted molar refractivity (Wildman–Crippen MR) is 145 cm³/mol. The topological polar surface area (TPSA) is 49.8 Å². The second kappa shape index (κ2) is 9.43. The summed E-state index contributed by atoms with van der Waals surface area (Å²) in [5.41, 5.74) is 4.21. The number of ether oxygens (including phenoxy) is 1. The van der Waals surface area contributed by atoms with Crippen molar-refractivity contribution < 1.29 is 32.2 Å². The molecule has 0 saturated heterocycles. The van der Waals surface area contributed by atoms with Crippen LogP contribution in [0.1, 0.15) is 68.7 Å². The molecule has 1 N–H and O–H groups in total. The highest BCUT2D eigenvalue weighted by atomic mass is 19.2. The minimum Gasteiger partial charge on any atom is -0.478 e. The zero-order valence-corrected chi connectivity index (χ0v) is 23.7. The number of anilines is 1. The maximum absolute atomic E-state index is 15.8. The molecule has 0 spiro atoms. The third kappa shape index (κ3) is 3.83. The standard InChI is InChI=1S/C31H31F4NO3/c1-11(2)18-12(3)13(4)19-21(22-23(31(37)38)25(33)27(35)26(34)24(22)32)20-14(5)15(6)28(36(9)10)17(8)30(20)39-29(19)16(18)7/h1-10H3,(H,37,38). The van der Waals surface area contributed by atoms with Gasteiger partial charge < -0.3 is 14.7 Å². The zero-order valence-electron chi connectivity index (χ0n) is 23.7. The highest BCUT2D eigenvalue weighted by Crippen LogP contribution is 2.48. The molecule has 1 heterocycles. The Kier molecular flexibility index (Phi) is 6.82. The van der Waals surface area contributed by atoms with Crippen molar-refractivity contribution in [2.24, 2.45) is 0 Å². The van der Waals surface area contributed by atoms with E-state index in [1.54, 1.807) is 13.8 Å². The van der Waals surface area contributed by atoms with Gasteiger partial charge in [-0.15, -0.1) is 0 Å². The minimum absolute atomic E-state index is 0.0445. The quantitative estimate of drug-likeness (QED) is 0.185. The second-order valence-corrected chi connectivity index (χ2v) is 10.6. The van der Waals surface area contributed by atoms with E-state index >= 15 is 8.78 Å². The first-order chi connectivity index (χ1) is 18.1. The van der Waals surface area contributed by atoms with Gasteiger partial charge in [-0.1, -0.05) is 5.57 Å². The van der Waals surface area contributed by atoms with Crippen LogP contribution in [0.5, 0.6) is 11.5 Å². The van der Waals surface area contributed by atoms with E-state index in [0.717, 1.165) is 27.6 Å². The molecule has 0 unspecified atom stereocenters. The van der Waals surface area contributed by atoms with E-state index in [0.29, 0.717) is 44.5 Å². The molecule has 1 aliphatic rings.